The van der Waals surface area contributed by atoms with E-state index >= 15 is 0 Å². The van der Waals surface area contributed by atoms with E-state index < -0.39 is 0 Å². The fourth-order valence-electron chi connectivity index (χ4n) is 4.88. The third kappa shape index (κ3) is 6.50. The molecule has 7 heteroatoms. The maximum Gasteiger partial charge on any atom is 0.407 e. The van der Waals surface area contributed by atoms with Crippen LogP contribution >= 0.6 is 0 Å². The normalized spacial score (nSPS) is 22.3. The Balaban J connectivity index is 1.26. The number of carbonyl (C=O) groups excluding carboxylic acids is 2. The van der Waals surface area contributed by atoms with E-state index in [1.54, 1.807) is 0 Å². The minimum Gasteiger partial charge on any atom is -0.462 e. The Morgan fingerprint density at radius 3 is 2.41 bits per heavy atom. The molecule has 1 saturated heterocycles. The highest BCUT2D eigenvalue weighted by Gasteiger charge is 2.31. The second-order valence-corrected chi connectivity index (χ2v) is 9.07. The van der Waals surface area contributed by atoms with E-state index in [4.69, 9.17) is 9.47 Å². The smallest absolute Gasteiger partial charge is 0.407 e. The molecule has 1 saturated carbocycles. The number of rotatable bonds is 8. The zero-order valence-corrected chi connectivity index (χ0v) is 19.9. The molecule has 1 amide bonds. The predicted octanol–water partition coefficient (Wildman–Crippen LogP) is 4.27. The molecule has 1 aliphatic carbocycles. The number of carbonyl (C=O) groups is 2. The minimum atomic E-state index is -0.350. The van der Waals surface area contributed by atoms with Crippen LogP contribution in [0.1, 0.15) is 54.9 Å². The van der Waals surface area contributed by atoms with E-state index in [9.17, 15) is 9.59 Å². The fourth-order valence-corrected chi connectivity index (χ4v) is 4.88. The number of nitrogens with zero attached hydrogens (tertiary/aromatic N) is 1. The number of esters is 1. The van der Waals surface area contributed by atoms with Crippen LogP contribution in [0.25, 0.3) is 0 Å². The van der Waals surface area contributed by atoms with Crippen LogP contribution in [-0.4, -0.2) is 49.9 Å². The van der Waals surface area contributed by atoms with Crippen LogP contribution in [0.15, 0.2) is 54.6 Å². The number of alkyl carbamates (subject to hydrolysis) is 1. The molecule has 2 aromatic rings. The molecule has 0 bridgehead atoms. The number of anilines is 1. The van der Waals surface area contributed by atoms with E-state index in [2.05, 4.69) is 15.5 Å². The summed E-state index contributed by atoms with van der Waals surface area (Å²) < 4.78 is 10.5. The number of amides is 1. The Morgan fingerprint density at radius 2 is 1.68 bits per heavy atom. The second-order valence-electron chi connectivity index (χ2n) is 9.07. The van der Waals surface area contributed by atoms with E-state index in [0.29, 0.717) is 18.2 Å². The molecular weight excluding hydrogens is 430 g/mol. The Hall–Kier alpha value is -3.06. The first-order valence-electron chi connectivity index (χ1n) is 12.4. The van der Waals surface area contributed by atoms with Crippen molar-refractivity contribution in [2.45, 2.75) is 63.8 Å². The summed E-state index contributed by atoms with van der Waals surface area (Å²) in [7, 11) is 0. The molecule has 1 heterocycles. The van der Waals surface area contributed by atoms with Crippen LogP contribution in [0.2, 0.25) is 0 Å². The topological polar surface area (TPSA) is 79.9 Å². The number of benzene rings is 2. The SMILES string of the molecule is CCOC(=O)c1ccc(N2CCC(NC3CCCCC3NC(=O)OCc3ccccc3)C2)cc1. The summed E-state index contributed by atoms with van der Waals surface area (Å²) in [5, 5.41) is 6.91. The second kappa shape index (κ2) is 11.9. The van der Waals surface area contributed by atoms with Gasteiger partial charge in [0.2, 0.25) is 0 Å². The highest BCUT2D eigenvalue weighted by Crippen LogP contribution is 2.24. The van der Waals surface area contributed by atoms with Crippen LogP contribution in [0.3, 0.4) is 0 Å². The van der Waals surface area contributed by atoms with Gasteiger partial charge in [0.1, 0.15) is 6.61 Å². The predicted molar refractivity (Wildman–Crippen MR) is 132 cm³/mol. The average Bonchev–Trinajstić information content (AvgIpc) is 3.33. The van der Waals surface area contributed by atoms with E-state index in [1.807, 2.05) is 61.5 Å². The summed E-state index contributed by atoms with van der Waals surface area (Å²) in [6.45, 7) is 4.33. The van der Waals surface area contributed by atoms with Crippen molar-refractivity contribution in [1.82, 2.24) is 10.6 Å². The number of nitrogens with one attached hydrogen (secondary N) is 2. The molecule has 3 unspecified atom stereocenters. The standard InChI is InChI=1S/C27H35N3O4/c1-2-33-26(31)21-12-14-23(15-13-21)30-17-16-22(18-30)28-24-10-6-7-11-25(24)29-27(32)34-19-20-8-4-3-5-9-20/h3-5,8-9,12-15,22,24-25,28H,2,6-7,10-11,16-19H2,1H3,(H,29,32). The molecule has 4 rings (SSSR count). The zero-order chi connectivity index (χ0) is 23.8. The van der Waals surface area contributed by atoms with Crippen LogP contribution < -0.4 is 15.5 Å². The van der Waals surface area contributed by atoms with Gasteiger partial charge in [0.15, 0.2) is 0 Å². The quantitative estimate of drug-likeness (QED) is 0.567. The van der Waals surface area contributed by atoms with Crippen molar-refractivity contribution in [3.05, 3.63) is 65.7 Å². The van der Waals surface area contributed by atoms with E-state index in [1.165, 1.54) is 6.42 Å². The monoisotopic (exact) mass is 465 g/mol. The molecule has 1 aliphatic heterocycles. The first-order chi connectivity index (χ1) is 16.6. The van der Waals surface area contributed by atoms with Crippen molar-refractivity contribution in [2.24, 2.45) is 0 Å². The lowest BCUT2D eigenvalue weighted by Gasteiger charge is -2.34. The van der Waals surface area contributed by atoms with Crippen molar-refractivity contribution >= 4 is 17.7 Å². The van der Waals surface area contributed by atoms with Crippen molar-refractivity contribution in [3.8, 4) is 0 Å². The van der Waals surface area contributed by atoms with Gasteiger partial charge in [-0.05, 0) is 56.0 Å². The largest absolute Gasteiger partial charge is 0.462 e. The van der Waals surface area contributed by atoms with Gasteiger partial charge >= 0.3 is 12.1 Å². The number of hydrogen-bond donors (Lipinski definition) is 2. The van der Waals surface area contributed by atoms with Gasteiger partial charge in [-0.25, -0.2) is 9.59 Å². The van der Waals surface area contributed by atoms with Crippen molar-refractivity contribution < 1.29 is 19.1 Å². The number of ether oxygens (including phenoxy) is 2. The highest BCUT2D eigenvalue weighted by atomic mass is 16.5. The maximum absolute atomic E-state index is 12.4. The molecule has 0 radical (unpaired) electrons. The Morgan fingerprint density at radius 1 is 0.941 bits per heavy atom. The Bertz CT molecular complexity index is 935. The molecule has 7 nitrogen and oxygen atoms in total. The molecule has 3 atom stereocenters. The molecule has 2 fully saturated rings. The zero-order valence-electron chi connectivity index (χ0n) is 19.9. The third-order valence-corrected chi connectivity index (χ3v) is 6.66. The minimum absolute atomic E-state index is 0.0786. The van der Waals surface area contributed by atoms with Gasteiger partial charge in [-0.1, -0.05) is 43.2 Å². The van der Waals surface area contributed by atoms with Crippen LogP contribution in [0.4, 0.5) is 10.5 Å². The lowest BCUT2D eigenvalue weighted by molar-refractivity contribution is 0.0526. The molecule has 2 aliphatic rings. The Kier molecular flexibility index (Phi) is 8.41. The molecule has 34 heavy (non-hydrogen) atoms. The summed E-state index contributed by atoms with van der Waals surface area (Å²) in [6, 6.07) is 18.1. The first kappa shape index (κ1) is 24.1. The van der Waals surface area contributed by atoms with Crippen LogP contribution in [0, 0.1) is 0 Å². The van der Waals surface area contributed by atoms with Gasteiger partial charge in [-0.2, -0.15) is 0 Å². The lowest BCUT2D eigenvalue weighted by atomic mass is 9.89. The van der Waals surface area contributed by atoms with Crippen molar-refractivity contribution in [3.63, 3.8) is 0 Å². The number of hydrogen-bond acceptors (Lipinski definition) is 6. The Labute approximate surface area is 201 Å². The summed E-state index contributed by atoms with van der Waals surface area (Å²) in [6.07, 6.45) is 4.99. The first-order valence-corrected chi connectivity index (χ1v) is 12.4. The van der Waals surface area contributed by atoms with E-state index in [0.717, 1.165) is 50.0 Å². The van der Waals surface area contributed by atoms with Crippen molar-refractivity contribution in [2.75, 3.05) is 24.6 Å². The third-order valence-electron chi connectivity index (χ3n) is 6.66. The fraction of sp³-hybridized carbons (Fsp3) is 0.481. The van der Waals surface area contributed by atoms with E-state index in [-0.39, 0.29) is 30.8 Å². The highest BCUT2D eigenvalue weighted by molar-refractivity contribution is 5.89. The summed E-state index contributed by atoms with van der Waals surface area (Å²) in [4.78, 5) is 26.6. The van der Waals surface area contributed by atoms with Gasteiger partial charge in [0.25, 0.3) is 0 Å². The molecule has 2 aromatic carbocycles. The lowest BCUT2D eigenvalue weighted by Crippen LogP contribution is -2.54. The van der Waals surface area contributed by atoms with Crippen LogP contribution in [0.5, 0.6) is 0 Å². The average molecular weight is 466 g/mol. The molecular formula is C27H35N3O4. The van der Waals surface area contributed by atoms with Gasteiger partial charge < -0.3 is 25.0 Å². The molecule has 0 spiro atoms. The van der Waals surface area contributed by atoms with Gasteiger partial charge in [0.05, 0.1) is 12.2 Å². The maximum atomic E-state index is 12.4. The summed E-state index contributed by atoms with van der Waals surface area (Å²) >= 11 is 0. The van der Waals surface area contributed by atoms with Gasteiger partial charge in [-0.15, -0.1) is 0 Å². The summed E-state index contributed by atoms with van der Waals surface area (Å²) in [5.74, 6) is -0.284. The van der Waals surface area contributed by atoms with Crippen LogP contribution in [-0.2, 0) is 16.1 Å². The molecule has 182 valence electrons. The van der Waals surface area contributed by atoms with Crippen molar-refractivity contribution in [1.29, 1.82) is 0 Å². The summed E-state index contributed by atoms with van der Waals surface area (Å²) in [5.41, 5.74) is 2.67. The molecule has 2 N–H and O–H groups in total. The van der Waals surface area contributed by atoms with Gasteiger partial charge in [-0.3, -0.25) is 0 Å². The molecule has 0 aromatic heterocycles. The van der Waals surface area contributed by atoms with Gasteiger partial charge in [0, 0.05) is 36.9 Å².